The Labute approximate surface area is 204 Å². The molecule has 0 saturated heterocycles. The molecule has 0 aliphatic rings. The van der Waals surface area contributed by atoms with E-state index in [0.717, 1.165) is 17.1 Å². The van der Waals surface area contributed by atoms with Gasteiger partial charge in [-0.15, -0.1) is 0 Å². The van der Waals surface area contributed by atoms with Gasteiger partial charge in [-0.2, -0.15) is 0 Å². The van der Waals surface area contributed by atoms with Gasteiger partial charge in [0, 0.05) is 16.8 Å². The number of para-hydroxylation sites is 1. The van der Waals surface area contributed by atoms with E-state index >= 15 is 0 Å². The maximum atomic E-state index is 3.50. The topological polar surface area (TPSA) is 3.24 Å². The molecule has 0 atom stereocenters. The molecule has 0 spiro atoms. The average Bonchev–Trinajstić information content (AvgIpc) is 2.92. The van der Waals surface area contributed by atoms with Crippen LogP contribution in [0.2, 0.25) is 0 Å². The van der Waals surface area contributed by atoms with Crippen molar-refractivity contribution in [3.05, 3.63) is 140 Å². The van der Waals surface area contributed by atoms with Crippen LogP contribution in [-0.4, -0.2) is 0 Å². The van der Waals surface area contributed by atoms with Gasteiger partial charge >= 0.3 is 0 Å². The normalized spacial score (nSPS) is 11.4. The fourth-order valence-corrected chi connectivity index (χ4v) is 5.20. The standard InChI is InChI=1S/C34H22N/c1-2-16-30(17-3-1)35(33-18-8-14-28-20-24-10-4-6-12-26(24)22-31(28)33)34-19-9-15-29-21-25-11-5-7-13-27(25)23-32(29)34/h1-16,18-23H. The first-order chi connectivity index (χ1) is 17.3. The van der Waals surface area contributed by atoms with Gasteiger partial charge in [0.15, 0.2) is 0 Å². The third-order valence-electron chi connectivity index (χ3n) is 6.86. The van der Waals surface area contributed by atoms with Crippen molar-refractivity contribution >= 4 is 60.2 Å². The lowest BCUT2D eigenvalue weighted by atomic mass is 9.99. The molecule has 1 nitrogen and oxygen atoms in total. The van der Waals surface area contributed by atoms with Gasteiger partial charge in [0.05, 0.1) is 17.1 Å². The van der Waals surface area contributed by atoms with Crippen molar-refractivity contribution in [3.8, 4) is 0 Å². The van der Waals surface area contributed by atoms with Gasteiger partial charge in [0.2, 0.25) is 0 Å². The molecule has 0 aliphatic heterocycles. The summed E-state index contributed by atoms with van der Waals surface area (Å²) in [5, 5.41) is 9.91. The predicted octanol–water partition coefficient (Wildman–Crippen LogP) is 9.57. The third-order valence-corrected chi connectivity index (χ3v) is 6.86. The Morgan fingerprint density at radius 1 is 0.400 bits per heavy atom. The van der Waals surface area contributed by atoms with E-state index < -0.39 is 0 Å². The molecule has 0 saturated carbocycles. The van der Waals surface area contributed by atoms with Gasteiger partial charge in [0.25, 0.3) is 0 Å². The van der Waals surface area contributed by atoms with Crippen LogP contribution in [-0.2, 0) is 0 Å². The molecule has 7 rings (SSSR count). The molecule has 35 heavy (non-hydrogen) atoms. The Kier molecular flexibility index (Phi) is 4.53. The van der Waals surface area contributed by atoms with Crippen LogP contribution in [0.5, 0.6) is 0 Å². The van der Waals surface area contributed by atoms with Crippen LogP contribution < -0.4 is 4.90 Å². The number of hydrogen-bond acceptors (Lipinski definition) is 1. The Morgan fingerprint density at radius 2 is 0.857 bits per heavy atom. The molecule has 0 fully saturated rings. The number of fused-ring (bicyclic) bond motifs is 4. The molecule has 0 bridgehead atoms. The summed E-state index contributed by atoms with van der Waals surface area (Å²) in [7, 11) is 0. The van der Waals surface area contributed by atoms with Gasteiger partial charge in [0.1, 0.15) is 0 Å². The minimum absolute atomic E-state index is 1.02. The summed E-state index contributed by atoms with van der Waals surface area (Å²) >= 11 is 0. The van der Waals surface area contributed by atoms with Gasteiger partial charge < -0.3 is 4.90 Å². The largest absolute Gasteiger partial charge is 0.309 e. The second-order valence-corrected chi connectivity index (χ2v) is 8.98. The highest BCUT2D eigenvalue weighted by Crippen LogP contribution is 2.43. The summed E-state index contributed by atoms with van der Waals surface area (Å²) in [5.41, 5.74) is 3.32. The van der Waals surface area contributed by atoms with Crippen molar-refractivity contribution in [1.29, 1.82) is 0 Å². The van der Waals surface area contributed by atoms with E-state index in [9.17, 15) is 0 Å². The van der Waals surface area contributed by atoms with Gasteiger partial charge in [-0.1, -0.05) is 91.0 Å². The molecule has 0 amide bonds. The average molecular weight is 445 g/mol. The van der Waals surface area contributed by atoms with Crippen LogP contribution in [0.15, 0.2) is 133 Å². The number of benzene rings is 7. The SMILES string of the molecule is [c]1ccccc1N(c1cccc2cc3ccccc3cc12)c1cccc2cc3ccccc3cc12. The smallest absolute Gasteiger partial charge is 0.0541 e. The first kappa shape index (κ1) is 19.8. The zero-order valence-electron chi connectivity index (χ0n) is 19.1. The zero-order chi connectivity index (χ0) is 23.2. The first-order valence-electron chi connectivity index (χ1n) is 12.0. The van der Waals surface area contributed by atoms with E-state index in [4.69, 9.17) is 0 Å². The summed E-state index contributed by atoms with van der Waals surface area (Å²) in [4.78, 5) is 2.36. The molecule has 7 aromatic carbocycles. The first-order valence-corrected chi connectivity index (χ1v) is 12.0. The van der Waals surface area contributed by atoms with E-state index in [1.54, 1.807) is 0 Å². The highest BCUT2D eigenvalue weighted by molar-refractivity contribution is 6.10. The van der Waals surface area contributed by atoms with Crippen molar-refractivity contribution in [2.45, 2.75) is 0 Å². The van der Waals surface area contributed by atoms with Crippen LogP contribution >= 0.6 is 0 Å². The summed E-state index contributed by atoms with van der Waals surface area (Å²) in [6.07, 6.45) is 0. The molecule has 0 N–H and O–H groups in total. The molecule has 1 heteroatoms. The highest BCUT2D eigenvalue weighted by Gasteiger charge is 2.18. The molecular formula is C34H22N. The lowest BCUT2D eigenvalue weighted by Crippen LogP contribution is -2.11. The number of rotatable bonds is 3. The van der Waals surface area contributed by atoms with Gasteiger partial charge in [-0.3, -0.25) is 0 Å². The van der Waals surface area contributed by atoms with Gasteiger partial charge in [-0.25, -0.2) is 0 Å². The van der Waals surface area contributed by atoms with E-state index in [1.807, 2.05) is 12.1 Å². The molecule has 1 radical (unpaired) electrons. The minimum Gasteiger partial charge on any atom is -0.309 e. The lowest BCUT2D eigenvalue weighted by molar-refractivity contribution is 1.31. The quantitative estimate of drug-likeness (QED) is 0.245. The summed E-state index contributed by atoms with van der Waals surface area (Å²) in [6, 6.07) is 51.3. The van der Waals surface area contributed by atoms with Crippen LogP contribution in [0.25, 0.3) is 43.1 Å². The van der Waals surface area contributed by atoms with E-state index in [0.29, 0.717) is 0 Å². The van der Waals surface area contributed by atoms with Crippen LogP contribution in [0.1, 0.15) is 0 Å². The van der Waals surface area contributed by atoms with E-state index in [2.05, 4.69) is 132 Å². The Hall–Kier alpha value is -4.62. The molecule has 0 aliphatic carbocycles. The summed E-state index contributed by atoms with van der Waals surface area (Å²) < 4.78 is 0. The second-order valence-electron chi connectivity index (χ2n) is 8.98. The fourth-order valence-electron chi connectivity index (χ4n) is 5.20. The molecule has 0 aromatic heterocycles. The fraction of sp³-hybridized carbons (Fsp3) is 0. The van der Waals surface area contributed by atoms with Crippen molar-refractivity contribution in [3.63, 3.8) is 0 Å². The minimum atomic E-state index is 1.02. The highest BCUT2D eigenvalue weighted by atomic mass is 15.1. The van der Waals surface area contributed by atoms with Crippen LogP contribution in [0.4, 0.5) is 17.1 Å². The summed E-state index contributed by atoms with van der Waals surface area (Å²) in [6.45, 7) is 0. The van der Waals surface area contributed by atoms with Crippen LogP contribution in [0, 0.1) is 6.07 Å². The number of anilines is 3. The predicted molar refractivity (Wildman–Crippen MR) is 150 cm³/mol. The van der Waals surface area contributed by atoms with Crippen molar-refractivity contribution in [1.82, 2.24) is 0 Å². The molecule has 7 aromatic rings. The van der Waals surface area contributed by atoms with E-state index in [-0.39, 0.29) is 0 Å². The van der Waals surface area contributed by atoms with E-state index in [1.165, 1.54) is 43.1 Å². The summed E-state index contributed by atoms with van der Waals surface area (Å²) in [5.74, 6) is 0. The number of hydrogen-bond donors (Lipinski definition) is 0. The van der Waals surface area contributed by atoms with Crippen molar-refractivity contribution < 1.29 is 0 Å². The Balaban J connectivity index is 1.56. The molecular weight excluding hydrogens is 422 g/mol. The lowest BCUT2D eigenvalue weighted by Gasteiger charge is -2.28. The molecule has 0 unspecified atom stereocenters. The molecule has 0 heterocycles. The van der Waals surface area contributed by atoms with Crippen LogP contribution in [0.3, 0.4) is 0 Å². The van der Waals surface area contributed by atoms with Gasteiger partial charge in [-0.05, 0) is 74.8 Å². The number of nitrogens with zero attached hydrogens (tertiary/aromatic N) is 1. The third kappa shape index (κ3) is 3.33. The Morgan fingerprint density at radius 3 is 1.34 bits per heavy atom. The maximum absolute atomic E-state index is 3.50. The van der Waals surface area contributed by atoms with Crippen molar-refractivity contribution in [2.75, 3.05) is 4.90 Å². The second kappa shape index (κ2) is 8.00. The zero-order valence-corrected chi connectivity index (χ0v) is 19.1. The Bertz CT molecular complexity index is 1730. The monoisotopic (exact) mass is 444 g/mol. The molecule has 163 valence electrons. The van der Waals surface area contributed by atoms with Crippen molar-refractivity contribution in [2.24, 2.45) is 0 Å². The maximum Gasteiger partial charge on any atom is 0.0541 e.